The summed E-state index contributed by atoms with van der Waals surface area (Å²) in [7, 11) is -1.74. The molecule has 0 saturated heterocycles. The van der Waals surface area contributed by atoms with E-state index in [9.17, 15) is 12.8 Å². The van der Waals surface area contributed by atoms with Crippen LogP contribution in [0, 0.1) is 5.82 Å². The van der Waals surface area contributed by atoms with E-state index in [1.807, 2.05) is 37.4 Å². The van der Waals surface area contributed by atoms with Gasteiger partial charge in [0.2, 0.25) is 5.88 Å². The van der Waals surface area contributed by atoms with Gasteiger partial charge < -0.3 is 4.18 Å². The number of aromatic nitrogens is 2. The van der Waals surface area contributed by atoms with Crippen LogP contribution < -0.4 is 4.18 Å². The summed E-state index contributed by atoms with van der Waals surface area (Å²) in [5.41, 5.74) is 2.71. The Balaban J connectivity index is 1.69. The maximum Gasteiger partial charge on any atom is 0.311 e. The van der Waals surface area contributed by atoms with Gasteiger partial charge in [-0.15, -0.1) is 0 Å². The Bertz CT molecular complexity index is 1100. The first-order chi connectivity index (χ1) is 13.4. The highest BCUT2D eigenvalue weighted by molar-refractivity contribution is 7.87. The number of nitrogens with zero attached hydrogens (tertiary/aromatic N) is 3. The molecule has 6 nitrogen and oxygen atoms in total. The van der Waals surface area contributed by atoms with Crippen LogP contribution in [0.2, 0.25) is 0 Å². The van der Waals surface area contributed by atoms with E-state index in [0.29, 0.717) is 30.8 Å². The van der Waals surface area contributed by atoms with Gasteiger partial charge in [-0.1, -0.05) is 42.5 Å². The van der Waals surface area contributed by atoms with E-state index < -0.39 is 15.9 Å². The number of para-hydroxylation sites is 1. The maximum atomic E-state index is 14.3. The Kier molecular flexibility index (Phi) is 4.91. The minimum atomic E-state index is -3.70. The van der Waals surface area contributed by atoms with Crippen molar-refractivity contribution < 1.29 is 17.0 Å². The molecule has 0 saturated carbocycles. The van der Waals surface area contributed by atoms with Gasteiger partial charge in [0.1, 0.15) is 11.5 Å². The molecule has 146 valence electrons. The lowest BCUT2D eigenvalue weighted by Crippen LogP contribution is -2.23. The average Bonchev–Trinajstić information content (AvgIpc) is 2.99. The quantitative estimate of drug-likeness (QED) is 0.615. The molecule has 0 atom stereocenters. The first kappa shape index (κ1) is 18.6. The van der Waals surface area contributed by atoms with Crippen molar-refractivity contribution in [3.05, 3.63) is 77.2 Å². The van der Waals surface area contributed by atoms with Gasteiger partial charge >= 0.3 is 10.1 Å². The summed E-state index contributed by atoms with van der Waals surface area (Å²) >= 11 is 0. The normalized spacial score (nSPS) is 15.2. The van der Waals surface area contributed by atoms with E-state index in [2.05, 4.69) is 10.00 Å². The molecule has 0 amide bonds. The monoisotopic (exact) mass is 401 g/mol. The van der Waals surface area contributed by atoms with Crippen LogP contribution in [0.3, 0.4) is 0 Å². The largest absolute Gasteiger partial charge is 0.361 e. The van der Waals surface area contributed by atoms with Crippen LogP contribution in [0.25, 0.3) is 5.69 Å². The van der Waals surface area contributed by atoms with Gasteiger partial charge in [-0.25, -0.2) is 4.39 Å². The highest BCUT2D eigenvalue weighted by Gasteiger charge is 2.31. The zero-order chi connectivity index (χ0) is 19.7. The van der Waals surface area contributed by atoms with Crippen molar-refractivity contribution in [2.75, 3.05) is 12.8 Å². The predicted octanol–water partition coefficient (Wildman–Crippen LogP) is 2.91. The molecular weight excluding hydrogens is 381 g/mol. The lowest BCUT2D eigenvalue weighted by Gasteiger charge is -2.18. The van der Waals surface area contributed by atoms with Crippen molar-refractivity contribution in [1.29, 1.82) is 0 Å². The SMILES string of the molecule is CN(Cc1ccccc1)Cc1nn(-c2ccccc2F)c2c1CCS(=O)(=O)O2. The molecule has 0 aliphatic carbocycles. The topological polar surface area (TPSA) is 64.4 Å². The van der Waals surface area contributed by atoms with Gasteiger partial charge in [0.25, 0.3) is 0 Å². The van der Waals surface area contributed by atoms with Crippen molar-refractivity contribution in [2.45, 2.75) is 19.5 Å². The van der Waals surface area contributed by atoms with Crippen LogP contribution in [-0.4, -0.2) is 35.9 Å². The van der Waals surface area contributed by atoms with Crippen LogP contribution in [0.1, 0.15) is 16.8 Å². The standard InChI is InChI=1S/C20H20FN3O3S/c1-23(13-15-7-3-2-4-8-15)14-18-16-11-12-28(25,26)27-20(16)24(22-18)19-10-6-5-9-17(19)21/h2-10H,11-14H2,1H3. The molecule has 4 rings (SSSR count). The Morgan fingerprint density at radius 2 is 1.82 bits per heavy atom. The van der Waals surface area contributed by atoms with Gasteiger partial charge in [0.15, 0.2) is 0 Å². The summed E-state index contributed by atoms with van der Waals surface area (Å²) < 4.78 is 44.8. The second kappa shape index (κ2) is 7.37. The van der Waals surface area contributed by atoms with Crippen LogP contribution in [0.5, 0.6) is 5.88 Å². The van der Waals surface area contributed by atoms with Gasteiger partial charge in [0.05, 0.1) is 11.4 Å². The number of hydrogen-bond acceptors (Lipinski definition) is 5. The van der Waals surface area contributed by atoms with E-state index in [-0.39, 0.29) is 17.3 Å². The number of benzene rings is 2. The Labute approximate surface area is 163 Å². The first-order valence-corrected chi connectivity index (χ1v) is 10.5. The van der Waals surface area contributed by atoms with Gasteiger partial charge in [-0.05, 0) is 31.2 Å². The smallest absolute Gasteiger partial charge is 0.311 e. The zero-order valence-electron chi connectivity index (χ0n) is 15.4. The van der Waals surface area contributed by atoms with Gasteiger partial charge in [-0.2, -0.15) is 18.2 Å². The van der Waals surface area contributed by atoms with Crippen molar-refractivity contribution >= 4 is 10.1 Å². The second-order valence-electron chi connectivity index (χ2n) is 6.85. The summed E-state index contributed by atoms with van der Waals surface area (Å²) in [4.78, 5) is 2.08. The third-order valence-electron chi connectivity index (χ3n) is 4.62. The molecule has 8 heteroatoms. The fourth-order valence-electron chi connectivity index (χ4n) is 3.32. The van der Waals surface area contributed by atoms with Crippen molar-refractivity contribution in [2.24, 2.45) is 0 Å². The molecule has 2 heterocycles. The summed E-state index contributed by atoms with van der Waals surface area (Å²) in [6.07, 6.45) is 0.292. The molecule has 0 unspecified atom stereocenters. The van der Waals surface area contributed by atoms with Crippen LogP contribution in [0.15, 0.2) is 54.6 Å². The van der Waals surface area contributed by atoms with Gasteiger partial charge in [-0.3, -0.25) is 4.90 Å². The molecule has 0 fully saturated rings. The predicted molar refractivity (Wildman–Crippen MR) is 103 cm³/mol. The number of halogens is 1. The third-order valence-corrected chi connectivity index (χ3v) is 5.74. The molecule has 0 bridgehead atoms. The lowest BCUT2D eigenvalue weighted by atomic mass is 10.1. The molecule has 28 heavy (non-hydrogen) atoms. The van der Waals surface area contributed by atoms with Gasteiger partial charge in [0, 0.05) is 18.7 Å². The fraction of sp³-hybridized carbons (Fsp3) is 0.250. The number of hydrogen-bond donors (Lipinski definition) is 0. The number of fused-ring (bicyclic) bond motifs is 1. The zero-order valence-corrected chi connectivity index (χ0v) is 16.2. The molecule has 1 aliphatic rings. The van der Waals surface area contributed by atoms with Crippen molar-refractivity contribution in [3.63, 3.8) is 0 Å². The molecule has 2 aromatic carbocycles. The Hall–Kier alpha value is -2.71. The van der Waals surface area contributed by atoms with Crippen LogP contribution in [-0.2, 0) is 29.6 Å². The summed E-state index contributed by atoms with van der Waals surface area (Å²) in [5, 5.41) is 4.52. The minimum absolute atomic E-state index is 0.0828. The second-order valence-corrected chi connectivity index (χ2v) is 8.54. The van der Waals surface area contributed by atoms with E-state index in [0.717, 1.165) is 5.56 Å². The Morgan fingerprint density at radius 3 is 2.57 bits per heavy atom. The third kappa shape index (κ3) is 3.79. The van der Waals surface area contributed by atoms with Crippen LogP contribution >= 0.6 is 0 Å². The van der Waals surface area contributed by atoms with Crippen molar-refractivity contribution in [1.82, 2.24) is 14.7 Å². The molecule has 0 N–H and O–H groups in total. The fourth-order valence-corrected chi connectivity index (χ4v) is 4.27. The summed E-state index contributed by atoms with van der Waals surface area (Å²) in [5.74, 6) is -0.527. The van der Waals surface area contributed by atoms with E-state index in [1.165, 1.54) is 10.7 Å². The van der Waals surface area contributed by atoms with E-state index in [4.69, 9.17) is 4.18 Å². The van der Waals surface area contributed by atoms with Crippen molar-refractivity contribution in [3.8, 4) is 11.6 Å². The molecule has 1 aromatic heterocycles. The Morgan fingerprint density at radius 1 is 1.11 bits per heavy atom. The summed E-state index contributed by atoms with van der Waals surface area (Å²) in [6.45, 7) is 1.20. The van der Waals surface area contributed by atoms with Crippen LogP contribution in [0.4, 0.5) is 4.39 Å². The minimum Gasteiger partial charge on any atom is -0.361 e. The summed E-state index contributed by atoms with van der Waals surface area (Å²) in [6, 6.07) is 16.1. The maximum absolute atomic E-state index is 14.3. The first-order valence-electron chi connectivity index (χ1n) is 8.93. The average molecular weight is 401 g/mol. The highest BCUT2D eigenvalue weighted by Crippen LogP contribution is 2.33. The highest BCUT2D eigenvalue weighted by atomic mass is 32.2. The molecule has 0 radical (unpaired) electrons. The molecule has 0 spiro atoms. The van der Waals surface area contributed by atoms with E-state index in [1.54, 1.807) is 18.2 Å². The lowest BCUT2D eigenvalue weighted by molar-refractivity contribution is 0.313. The number of rotatable bonds is 5. The molecule has 3 aromatic rings. The van der Waals surface area contributed by atoms with E-state index >= 15 is 0 Å². The molecule has 1 aliphatic heterocycles. The molecular formula is C20H20FN3O3S.